The summed E-state index contributed by atoms with van der Waals surface area (Å²) < 4.78 is 1.66. The number of hydrogen-bond acceptors (Lipinski definition) is 5. The standard InChI is InChI=1S/C12H14N4O2S/c1-2-8-4-3-5-9(6-8)16-11(13)14-15-12(16)19-7-10(17)18/h3-6H,2,7H2,1H3,(H2,13,14)(H,17,18). The number of anilines is 1. The molecule has 0 amide bonds. The number of thioether (sulfide) groups is 1. The molecule has 0 aliphatic rings. The van der Waals surface area contributed by atoms with Gasteiger partial charge in [0.1, 0.15) is 0 Å². The van der Waals surface area contributed by atoms with Crippen LogP contribution in [0.1, 0.15) is 12.5 Å². The molecule has 7 heteroatoms. The summed E-state index contributed by atoms with van der Waals surface area (Å²) in [5.74, 6) is -0.729. The summed E-state index contributed by atoms with van der Waals surface area (Å²) >= 11 is 1.09. The molecule has 6 nitrogen and oxygen atoms in total. The molecule has 19 heavy (non-hydrogen) atoms. The van der Waals surface area contributed by atoms with Crippen LogP contribution in [0, 0.1) is 0 Å². The van der Waals surface area contributed by atoms with Gasteiger partial charge in [-0.15, -0.1) is 10.2 Å². The minimum Gasteiger partial charge on any atom is -0.481 e. The van der Waals surface area contributed by atoms with Crippen molar-refractivity contribution in [3.05, 3.63) is 29.8 Å². The topological polar surface area (TPSA) is 94.0 Å². The van der Waals surface area contributed by atoms with Crippen molar-refractivity contribution in [1.29, 1.82) is 0 Å². The fourth-order valence-corrected chi connectivity index (χ4v) is 2.34. The molecular formula is C12H14N4O2S. The van der Waals surface area contributed by atoms with E-state index in [1.54, 1.807) is 4.57 Å². The molecule has 2 aromatic rings. The Kier molecular flexibility index (Phi) is 4.06. The van der Waals surface area contributed by atoms with Gasteiger partial charge in [0.2, 0.25) is 5.95 Å². The lowest BCUT2D eigenvalue weighted by molar-refractivity contribution is -0.133. The van der Waals surface area contributed by atoms with Crippen LogP contribution < -0.4 is 5.73 Å². The molecule has 0 spiro atoms. The summed E-state index contributed by atoms with van der Waals surface area (Å²) in [6.45, 7) is 2.06. The van der Waals surface area contributed by atoms with E-state index in [1.165, 1.54) is 5.56 Å². The average molecular weight is 278 g/mol. The van der Waals surface area contributed by atoms with E-state index in [1.807, 2.05) is 24.3 Å². The number of rotatable bonds is 5. The van der Waals surface area contributed by atoms with Crippen LogP contribution in [0.4, 0.5) is 5.95 Å². The summed E-state index contributed by atoms with van der Waals surface area (Å²) in [7, 11) is 0. The smallest absolute Gasteiger partial charge is 0.313 e. The zero-order valence-corrected chi connectivity index (χ0v) is 11.2. The number of nitrogen functional groups attached to an aromatic ring is 1. The lowest BCUT2D eigenvalue weighted by Crippen LogP contribution is -2.04. The second kappa shape index (κ2) is 5.75. The molecule has 0 aliphatic carbocycles. The van der Waals surface area contributed by atoms with Crippen LogP contribution in [0.2, 0.25) is 0 Å². The molecule has 1 heterocycles. The van der Waals surface area contributed by atoms with E-state index in [-0.39, 0.29) is 11.7 Å². The van der Waals surface area contributed by atoms with E-state index < -0.39 is 5.97 Å². The maximum absolute atomic E-state index is 10.6. The molecular weight excluding hydrogens is 264 g/mol. The number of hydrogen-bond donors (Lipinski definition) is 2. The van der Waals surface area contributed by atoms with Crippen LogP contribution in [0.25, 0.3) is 5.69 Å². The molecule has 0 saturated heterocycles. The first-order valence-corrected chi connectivity index (χ1v) is 6.75. The summed E-state index contributed by atoms with van der Waals surface area (Å²) in [6, 6.07) is 7.83. The summed E-state index contributed by atoms with van der Waals surface area (Å²) in [5.41, 5.74) is 7.81. The first-order valence-electron chi connectivity index (χ1n) is 5.76. The Balaban J connectivity index is 2.37. The monoisotopic (exact) mass is 278 g/mol. The van der Waals surface area contributed by atoms with Crippen molar-refractivity contribution in [2.75, 3.05) is 11.5 Å². The lowest BCUT2D eigenvalue weighted by atomic mass is 10.1. The fraction of sp³-hybridized carbons (Fsp3) is 0.250. The van der Waals surface area contributed by atoms with Crippen molar-refractivity contribution in [3.63, 3.8) is 0 Å². The van der Waals surface area contributed by atoms with Crippen molar-refractivity contribution < 1.29 is 9.90 Å². The Morgan fingerprint density at radius 3 is 2.95 bits per heavy atom. The quantitative estimate of drug-likeness (QED) is 0.807. The molecule has 0 fully saturated rings. The predicted octanol–water partition coefficient (Wildman–Crippen LogP) is 1.59. The molecule has 3 N–H and O–H groups in total. The molecule has 1 aromatic heterocycles. The second-order valence-corrected chi connectivity index (χ2v) is 4.82. The molecule has 100 valence electrons. The Morgan fingerprint density at radius 1 is 1.47 bits per heavy atom. The van der Waals surface area contributed by atoms with Gasteiger partial charge >= 0.3 is 5.97 Å². The van der Waals surface area contributed by atoms with Crippen LogP contribution in [0.3, 0.4) is 0 Å². The SMILES string of the molecule is CCc1cccc(-n2c(N)nnc2SCC(=O)O)c1. The van der Waals surface area contributed by atoms with E-state index >= 15 is 0 Å². The van der Waals surface area contributed by atoms with Gasteiger partial charge in [0.25, 0.3) is 0 Å². The third-order valence-corrected chi connectivity index (χ3v) is 3.47. The van der Waals surface area contributed by atoms with Crippen LogP contribution >= 0.6 is 11.8 Å². The Labute approximate surface area is 114 Å². The number of aliphatic carboxylic acids is 1. The van der Waals surface area contributed by atoms with Gasteiger partial charge in [-0.1, -0.05) is 30.8 Å². The first-order chi connectivity index (χ1) is 9.11. The molecule has 0 bridgehead atoms. The van der Waals surface area contributed by atoms with E-state index in [0.717, 1.165) is 23.9 Å². The van der Waals surface area contributed by atoms with Gasteiger partial charge in [-0.2, -0.15) is 0 Å². The van der Waals surface area contributed by atoms with E-state index in [2.05, 4.69) is 17.1 Å². The van der Waals surface area contributed by atoms with E-state index in [0.29, 0.717) is 5.16 Å². The van der Waals surface area contributed by atoms with Gasteiger partial charge in [0, 0.05) is 0 Å². The zero-order valence-electron chi connectivity index (χ0n) is 10.4. The van der Waals surface area contributed by atoms with Crippen molar-refractivity contribution >= 4 is 23.7 Å². The maximum atomic E-state index is 10.6. The highest BCUT2D eigenvalue weighted by atomic mass is 32.2. The summed E-state index contributed by atoms with van der Waals surface area (Å²) in [5, 5.41) is 16.9. The maximum Gasteiger partial charge on any atom is 0.313 e. The van der Waals surface area contributed by atoms with Crippen molar-refractivity contribution in [2.45, 2.75) is 18.5 Å². The fourth-order valence-electron chi connectivity index (χ4n) is 1.66. The average Bonchev–Trinajstić information content (AvgIpc) is 2.77. The first kappa shape index (κ1) is 13.4. The highest BCUT2D eigenvalue weighted by molar-refractivity contribution is 7.99. The Hall–Kier alpha value is -2.02. The lowest BCUT2D eigenvalue weighted by Gasteiger charge is -2.08. The van der Waals surface area contributed by atoms with Gasteiger partial charge < -0.3 is 10.8 Å². The number of aromatic nitrogens is 3. The van der Waals surface area contributed by atoms with Gasteiger partial charge in [0.05, 0.1) is 11.4 Å². The molecule has 2 rings (SSSR count). The van der Waals surface area contributed by atoms with Crippen LogP contribution in [0.15, 0.2) is 29.4 Å². The van der Waals surface area contributed by atoms with Gasteiger partial charge in [0.15, 0.2) is 5.16 Å². The predicted molar refractivity (Wildman–Crippen MR) is 73.5 cm³/mol. The number of nitrogens with zero attached hydrogens (tertiary/aromatic N) is 3. The van der Waals surface area contributed by atoms with Gasteiger partial charge in [-0.3, -0.25) is 9.36 Å². The number of aryl methyl sites for hydroxylation is 1. The second-order valence-electron chi connectivity index (χ2n) is 3.88. The Bertz CT molecular complexity index is 597. The molecule has 1 aromatic carbocycles. The van der Waals surface area contributed by atoms with Crippen LogP contribution in [-0.2, 0) is 11.2 Å². The van der Waals surface area contributed by atoms with E-state index in [9.17, 15) is 4.79 Å². The van der Waals surface area contributed by atoms with Crippen LogP contribution in [0.5, 0.6) is 0 Å². The van der Waals surface area contributed by atoms with Crippen molar-refractivity contribution in [1.82, 2.24) is 14.8 Å². The molecule has 0 saturated carbocycles. The normalized spacial score (nSPS) is 10.6. The molecule has 0 unspecified atom stereocenters. The number of carboxylic acid groups (broad SMARTS) is 1. The van der Waals surface area contributed by atoms with Crippen LogP contribution in [-0.4, -0.2) is 31.6 Å². The largest absolute Gasteiger partial charge is 0.481 e. The number of benzene rings is 1. The number of nitrogens with two attached hydrogens (primary N) is 1. The molecule has 0 radical (unpaired) electrons. The third-order valence-electron chi connectivity index (χ3n) is 2.56. The highest BCUT2D eigenvalue weighted by Crippen LogP contribution is 2.23. The number of carbonyl (C=O) groups is 1. The summed E-state index contributed by atoms with van der Waals surface area (Å²) in [6.07, 6.45) is 0.910. The Morgan fingerprint density at radius 2 is 2.26 bits per heavy atom. The third kappa shape index (κ3) is 3.05. The molecule has 0 atom stereocenters. The van der Waals surface area contributed by atoms with Crippen molar-refractivity contribution in [3.8, 4) is 5.69 Å². The zero-order chi connectivity index (χ0) is 13.8. The summed E-state index contributed by atoms with van der Waals surface area (Å²) in [4.78, 5) is 10.6. The minimum atomic E-state index is -0.902. The minimum absolute atomic E-state index is 0.0778. The van der Waals surface area contributed by atoms with Gasteiger partial charge in [-0.25, -0.2) is 0 Å². The highest BCUT2D eigenvalue weighted by Gasteiger charge is 2.13. The van der Waals surface area contributed by atoms with Crippen molar-refractivity contribution in [2.24, 2.45) is 0 Å². The van der Waals surface area contributed by atoms with Gasteiger partial charge in [-0.05, 0) is 24.1 Å². The number of carboxylic acids is 1. The molecule has 0 aliphatic heterocycles. The van der Waals surface area contributed by atoms with E-state index in [4.69, 9.17) is 10.8 Å².